The summed E-state index contributed by atoms with van der Waals surface area (Å²) < 4.78 is 0. The molecule has 1 saturated heterocycles. The molecule has 1 saturated carbocycles. The van der Waals surface area contributed by atoms with Crippen molar-refractivity contribution in [3.63, 3.8) is 0 Å². The highest BCUT2D eigenvalue weighted by atomic mass is 16.3. The van der Waals surface area contributed by atoms with Gasteiger partial charge in [0.1, 0.15) is 0 Å². The Hall–Kier alpha value is -0.650. The summed E-state index contributed by atoms with van der Waals surface area (Å²) >= 11 is 0. The Morgan fingerprint density at radius 1 is 1.33 bits per heavy atom. The van der Waals surface area contributed by atoms with Crippen molar-refractivity contribution >= 4 is 5.91 Å². The molecule has 104 valence electrons. The number of carbonyl (C=O) groups excluding carboxylic acids is 1. The predicted molar refractivity (Wildman–Crippen MR) is 70.0 cm³/mol. The van der Waals surface area contributed by atoms with E-state index in [-0.39, 0.29) is 12.5 Å². The zero-order valence-electron chi connectivity index (χ0n) is 11.0. The van der Waals surface area contributed by atoms with Gasteiger partial charge in [0.2, 0.25) is 5.91 Å². The van der Waals surface area contributed by atoms with Crippen LogP contribution in [0.3, 0.4) is 0 Å². The summed E-state index contributed by atoms with van der Waals surface area (Å²) in [6, 6.07) is 0.383. The summed E-state index contributed by atoms with van der Waals surface area (Å²) in [5.74, 6) is 1.34. The number of hydrogen-bond donors (Lipinski definition) is 3. The SMILES string of the molecule is NC(=O)CN1CC(CC2CC2)CC(NCCO)C1. The Morgan fingerprint density at radius 2 is 2.11 bits per heavy atom. The van der Waals surface area contributed by atoms with Gasteiger partial charge in [0, 0.05) is 25.7 Å². The molecule has 0 bridgehead atoms. The number of nitrogens with zero attached hydrogens (tertiary/aromatic N) is 1. The molecule has 18 heavy (non-hydrogen) atoms. The van der Waals surface area contributed by atoms with Crippen molar-refractivity contribution in [1.29, 1.82) is 0 Å². The Morgan fingerprint density at radius 3 is 2.72 bits per heavy atom. The molecule has 5 heteroatoms. The Kier molecular flexibility index (Phi) is 4.97. The Bertz CT molecular complexity index is 281. The number of carbonyl (C=O) groups is 1. The maximum Gasteiger partial charge on any atom is 0.231 e. The van der Waals surface area contributed by atoms with Crippen LogP contribution in [0, 0.1) is 11.8 Å². The van der Waals surface area contributed by atoms with Crippen molar-refractivity contribution in [2.24, 2.45) is 17.6 Å². The van der Waals surface area contributed by atoms with E-state index in [1.807, 2.05) is 0 Å². The second-order valence-corrected chi connectivity index (χ2v) is 5.82. The van der Waals surface area contributed by atoms with Crippen molar-refractivity contribution in [2.75, 3.05) is 32.8 Å². The van der Waals surface area contributed by atoms with Crippen molar-refractivity contribution in [2.45, 2.75) is 31.7 Å². The summed E-state index contributed by atoms with van der Waals surface area (Å²) in [7, 11) is 0. The van der Waals surface area contributed by atoms with Crippen LogP contribution in [0.2, 0.25) is 0 Å². The van der Waals surface area contributed by atoms with E-state index in [1.54, 1.807) is 0 Å². The van der Waals surface area contributed by atoms with Gasteiger partial charge in [-0.2, -0.15) is 0 Å². The molecule has 0 aromatic carbocycles. The molecule has 5 nitrogen and oxygen atoms in total. The van der Waals surface area contributed by atoms with Crippen LogP contribution in [0.1, 0.15) is 25.7 Å². The molecule has 0 aromatic rings. The minimum atomic E-state index is -0.247. The molecule has 2 atom stereocenters. The lowest BCUT2D eigenvalue weighted by Gasteiger charge is -2.37. The van der Waals surface area contributed by atoms with Crippen LogP contribution < -0.4 is 11.1 Å². The highest BCUT2D eigenvalue weighted by Gasteiger charge is 2.32. The molecule has 1 amide bonds. The molecule has 1 aliphatic carbocycles. The summed E-state index contributed by atoms with van der Waals surface area (Å²) in [4.78, 5) is 13.2. The number of amides is 1. The summed E-state index contributed by atoms with van der Waals surface area (Å²) in [6.07, 6.45) is 5.19. The van der Waals surface area contributed by atoms with E-state index < -0.39 is 0 Å². The fourth-order valence-electron chi connectivity index (χ4n) is 3.06. The lowest BCUT2D eigenvalue weighted by atomic mass is 9.89. The highest BCUT2D eigenvalue weighted by Crippen LogP contribution is 2.37. The van der Waals surface area contributed by atoms with E-state index in [2.05, 4.69) is 10.2 Å². The first-order valence-corrected chi connectivity index (χ1v) is 7.02. The number of piperidine rings is 1. The number of likely N-dealkylation sites (tertiary alicyclic amines) is 1. The van der Waals surface area contributed by atoms with Crippen LogP contribution in [0.4, 0.5) is 0 Å². The zero-order valence-corrected chi connectivity index (χ0v) is 11.0. The minimum absolute atomic E-state index is 0.166. The van der Waals surface area contributed by atoms with Crippen LogP contribution in [0.15, 0.2) is 0 Å². The van der Waals surface area contributed by atoms with E-state index >= 15 is 0 Å². The highest BCUT2D eigenvalue weighted by molar-refractivity contribution is 5.75. The largest absolute Gasteiger partial charge is 0.395 e. The molecule has 4 N–H and O–H groups in total. The van der Waals surface area contributed by atoms with Gasteiger partial charge in [-0.15, -0.1) is 0 Å². The van der Waals surface area contributed by atoms with Gasteiger partial charge in [0.25, 0.3) is 0 Å². The molecule has 0 radical (unpaired) electrons. The number of aliphatic hydroxyl groups excluding tert-OH is 1. The van der Waals surface area contributed by atoms with Gasteiger partial charge in [-0.25, -0.2) is 0 Å². The van der Waals surface area contributed by atoms with E-state index in [1.165, 1.54) is 19.3 Å². The molecule has 0 aromatic heterocycles. The average molecular weight is 255 g/mol. The maximum atomic E-state index is 11.0. The Balaban J connectivity index is 1.84. The van der Waals surface area contributed by atoms with E-state index in [0.717, 1.165) is 25.4 Å². The number of nitrogens with two attached hydrogens (primary N) is 1. The second kappa shape index (κ2) is 6.50. The van der Waals surface area contributed by atoms with Gasteiger partial charge in [-0.3, -0.25) is 9.69 Å². The van der Waals surface area contributed by atoms with Gasteiger partial charge in [0.15, 0.2) is 0 Å². The first kappa shape index (κ1) is 13.8. The van der Waals surface area contributed by atoms with Gasteiger partial charge >= 0.3 is 0 Å². The number of nitrogens with one attached hydrogen (secondary N) is 1. The fourth-order valence-corrected chi connectivity index (χ4v) is 3.06. The lowest BCUT2D eigenvalue weighted by Crippen LogP contribution is -2.51. The molecular formula is C13H25N3O2. The predicted octanol–water partition coefficient (Wildman–Crippen LogP) is -0.456. The number of rotatable bonds is 7. The normalized spacial score (nSPS) is 29.4. The quantitative estimate of drug-likeness (QED) is 0.575. The Labute approximate surface area is 109 Å². The van der Waals surface area contributed by atoms with Crippen LogP contribution in [-0.2, 0) is 4.79 Å². The van der Waals surface area contributed by atoms with Gasteiger partial charge in [0.05, 0.1) is 13.2 Å². The second-order valence-electron chi connectivity index (χ2n) is 5.82. The zero-order chi connectivity index (χ0) is 13.0. The summed E-state index contributed by atoms with van der Waals surface area (Å²) in [5.41, 5.74) is 5.29. The van der Waals surface area contributed by atoms with Gasteiger partial charge in [-0.1, -0.05) is 12.8 Å². The first-order chi connectivity index (χ1) is 8.67. The van der Waals surface area contributed by atoms with Crippen LogP contribution >= 0.6 is 0 Å². The monoisotopic (exact) mass is 255 g/mol. The minimum Gasteiger partial charge on any atom is -0.395 e. The van der Waals surface area contributed by atoms with Crippen LogP contribution in [0.5, 0.6) is 0 Å². The van der Waals surface area contributed by atoms with Gasteiger partial charge < -0.3 is 16.2 Å². The van der Waals surface area contributed by atoms with E-state index in [4.69, 9.17) is 10.8 Å². The molecule has 1 aliphatic heterocycles. The summed E-state index contributed by atoms with van der Waals surface area (Å²) in [6.45, 7) is 3.02. The summed E-state index contributed by atoms with van der Waals surface area (Å²) in [5, 5.41) is 12.2. The molecule has 2 fully saturated rings. The topological polar surface area (TPSA) is 78.6 Å². The van der Waals surface area contributed by atoms with Gasteiger partial charge in [-0.05, 0) is 24.7 Å². The molecule has 1 heterocycles. The molecule has 0 spiro atoms. The fraction of sp³-hybridized carbons (Fsp3) is 0.923. The lowest BCUT2D eigenvalue weighted by molar-refractivity contribution is -0.119. The molecular weight excluding hydrogens is 230 g/mol. The molecule has 2 aliphatic rings. The third-order valence-corrected chi connectivity index (χ3v) is 3.90. The third kappa shape index (κ3) is 4.55. The number of aliphatic hydroxyl groups is 1. The van der Waals surface area contributed by atoms with Crippen LogP contribution in [0.25, 0.3) is 0 Å². The first-order valence-electron chi connectivity index (χ1n) is 7.02. The standard InChI is InChI=1S/C13H25N3O2/c14-13(18)9-16-7-11(5-10-1-2-10)6-12(8-16)15-3-4-17/h10-12,15,17H,1-9H2,(H2,14,18). The van der Waals surface area contributed by atoms with E-state index in [0.29, 0.717) is 25.0 Å². The number of hydrogen-bond acceptors (Lipinski definition) is 4. The smallest absolute Gasteiger partial charge is 0.231 e. The van der Waals surface area contributed by atoms with E-state index in [9.17, 15) is 4.79 Å². The maximum absolute atomic E-state index is 11.0. The average Bonchev–Trinajstić information content (AvgIpc) is 3.09. The van der Waals surface area contributed by atoms with Crippen molar-refractivity contribution in [3.8, 4) is 0 Å². The number of primary amides is 1. The van der Waals surface area contributed by atoms with Crippen molar-refractivity contribution in [3.05, 3.63) is 0 Å². The van der Waals surface area contributed by atoms with Crippen molar-refractivity contribution < 1.29 is 9.90 Å². The third-order valence-electron chi connectivity index (χ3n) is 3.90. The molecule has 2 rings (SSSR count). The molecule has 2 unspecified atom stereocenters. The van der Waals surface area contributed by atoms with Crippen LogP contribution in [-0.4, -0.2) is 54.7 Å². The van der Waals surface area contributed by atoms with Crippen molar-refractivity contribution in [1.82, 2.24) is 10.2 Å².